The molecule has 0 aliphatic heterocycles. The van der Waals surface area contributed by atoms with E-state index in [2.05, 4.69) is 22.4 Å². The Morgan fingerprint density at radius 1 is 1.17 bits per heavy atom. The van der Waals surface area contributed by atoms with Crippen LogP contribution in [0, 0.1) is 0 Å². The molecule has 1 aromatic carbocycles. The number of nitrogens with zero attached hydrogens (tertiary/aromatic N) is 2. The third-order valence-electron chi connectivity index (χ3n) is 3.36. The third kappa shape index (κ3) is 6.05. The van der Waals surface area contributed by atoms with Gasteiger partial charge in [0.2, 0.25) is 11.0 Å². The summed E-state index contributed by atoms with van der Waals surface area (Å²) in [5, 5.41) is 10.8. The molecular weight excluding hydrogens is 342 g/mol. The molecule has 24 heavy (non-hydrogen) atoms. The summed E-state index contributed by atoms with van der Waals surface area (Å²) in [7, 11) is 0. The van der Waals surface area contributed by atoms with Crippen molar-refractivity contribution in [2.45, 2.75) is 43.9 Å². The Morgan fingerprint density at radius 3 is 2.58 bits per heavy atom. The third-order valence-corrected chi connectivity index (χ3v) is 5.33. The lowest BCUT2D eigenvalue weighted by Gasteiger charge is -2.03. The van der Waals surface area contributed by atoms with Gasteiger partial charge < -0.3 is 5.32 Å². The van der Waals surface area contributed by atoms with Gasteiger partial charge in [-0.05, 0) is 18.4 Å². The van der Waals surface area contributed by atoms with Gasteiger partial charge >= 0.3 is 0 Å². The van der Waals surface area contributed by atoms with Gasteiger partial charge in [-0.25, -0.2) is 0 Å². The molecule has 0 atom stereocenters. The molecule has 0 aliphatic rings. The van der Waals surface area contributed by atoms with Gasteiger partial charge in [-0.15, -0.1) is 10.2 Å². The molecule has 2 rings (SSSR count). The van der Waals surface area contributed by atoms with Crippen LogP contribution in [0.5, 0.6) is 0 Å². The molecule has 128 valence electrons. The molecule has 0 bridgehead atoms. The predicted octanol–water partition coefficient (Wildman–Crippen LogP) is 4.20. The maximum atomic E-state index is 12.2. The van der Waals surface area contributed by atoms with Gasteiger partial charge in [0.15, 0.2) is 10.1 Å². The van der Waals surface area contributed by atoms with Gasteiger partial charge in [0.25, 0.3) is 0 Å². The smallest absolute Gasteiger partial charge is 0.223 e. The van der Waals surface area contributed by atoms with Gasteiger partial charge in [-0.1, -0.05) is 67.1 Å². The van der Waals surface area contributed by atoms with Crippen molar-refractivity contribution in [2.24, 2.45) is 0 Å². The standard InChI is InChI=1S/C17H21N3O2S2/c1-3-4-5-6-13-7-9-14(10-8-13)15(22)11-23-17-20-19-16(24-17)18-12(2)21/h7-10H,3-6,11H2,1-2H3,(H,18,19,21). The molecule has 1 aromatic heterocycles. The number of nitrogens with one attached hydrogen (secondary N) is 1. The number of carbonyl (C=O) groups is 2. The number of Topliss-reactive ketones (excluding diaryl/α,β-unsaturated/α-hetero) is 1. The maximum Gasteiger partial charge on any atom is 0.223 e. The highest BCUT2D eigenvalue weighted by Gasteiger charge is 2.10. The summed E-state index contributed by atoms with van der Waals surface area (Å²) in [6.07, 6.45) is 4.70. The zero-order valence-corrected chi connectivity index (χ0v) is 15.5. The maximum absolute atomic E-state index is 12.2. The van der Waals surface area contributed by atoms with Crippen LogP contribution < -0.4 is 5.32 Å². The Bertz CT molecular complexity index is 683. The number of amides is 1. The van der Waals surface area contributed by atoms with Crippen molar-refractivity contribution in [1.29, 1.82) is 0 Å². The number of ketones is 1. The second-order valence-electron chi connectivity index (χ2n) is 5.42. The van der Waals surface area contributed by atoms with Gasteiger partial charge in [0.1, 0.15) is 0 Å². The van der Waals surface area contributed by atoms with Crippen LogP contribution in [0.15, 0.2) is 28.6 Å². The lowest BCUT2D eigenvalue weighted by molar-refractivity contribution is -0.114. The Balaban J connectivity index is 1.83. The lowest BCUT2D eigenvalue weighted by Crippen LogP contribution is -2.04. The van der Waals surface area contributed by atoms with E-state index in [0.29, 0.717) is 20.8 Å². The fraction of sp³-hybridized carbons (Fsp3) is 0.412. The SMILES string of the molecule is CCCCCc1ccc(C(=O)CSc2nnc(NC(C)=O)s2)cc1. The van der Waals surface area contributed by atoms with Gasteiger partial charge in [0.05, 0.1) is 5.75 Å². The average Bonchev–Trinajstić information content (AvgIpc) is 3.00. The van der Waals surface area contributed by atoms with E-state index in [1.165, 1.54) is 54.8 Å². The van der Waals surface area contributed by atoms with E-state index in [9.17, 15) is 9.59 Å². The summed E-state index contributed by atoms with van der Waals surface area (Å²) < 4.78 is 0.670. The first-order valence-corrected chi connectivity index (χ1v) is 9.74. The Morgan fingerprint density at radius 2 is 1.92 bits per heavy atom. The molecule has 2 aromatic rings. The molecule has 0 aliphatic carbocycles. The summed E-state index contributed by atoms with van der Waals surface area (Å²) in [5.41, 5.74) is 1.99. The second kappa shape index (κ2) is 9.54. The van der Waals surface area contributed by atoms with Crippen LogP contribution in [0.4, 0.5) is 5.13 Å². The molecule has 0 spiro atoms. The fourth-order valence-electron chi connectivity index (χ4n) is 2.12. The van der Waals surface area contributed by atoms with Crippen molar-refractivity contribution in [3.63, 3.8) is 0 Å². The molecule has 0 fully saturated rings. The minimum Gasteiger partial charge on any atom is -0.301 e. The Hall–Kier alpha value is -1.73. The Kier molecular flexibility index (Phi) is 7.39. The number of rotatable bonds is 9. The summed E-state index contributed by atoms with van der Waals surface area (Å²) in [5.74, 6) is 0.193. The molecule has 7 heteroatoms. The monoisotopic (exact) mass is 363 g/mol. The highest BCUT2D eigenvalue weighted by Crippen LogP contribution is 2.26. The summed E-state index contributed by atoms with van der Waals surface area (Å²) >= 11 is 2.61. The number of unbranched alkanes of at least 4 members (excludes halogenated alkanes) is 2. The van der Waals surface area contributed by atoms with E-state index in [0.717, 1.165) is 6.42 Å². The number of hydrogen-bond acceptors (Lipinski definition) is 6. The zero-order valence-electron chi connectivity index (χ0n) is 13.9. The molecular formula is C17H21N3O2S2. The van der Waals surface area contributed by atoms with Crippen LogP contribution in [0.1, 0.15) is 49.0 Å². The number of aryl methyl sites for hydroxylation is 1. The van der Waals surface area contributed by atoms with Crippen LogP contribution >= 0.6 is 23.1 Å². The minimum atomic E-state index is -0.183. The lowest BCUT2D eigenvalue weighted by atomic mass is 10.0. The second-order valence-corrected chi connectivity index (χ2v) is 7.62. The van der Waals surface area contributed by atoms with Gasteiger partial charge in [-0.2, -0.15) is 0 Å². The highest BCUT2D eigenvalue weighted by molar-refractivity contribution is 8.01. The van der Waals surface area contributed by atoms with Crippen molar-refractivity contribution in [3.8, 4) is 0 Å². The summed E-state index contributed by atoms with van der Waals surface area (Å²) in [4.78, 5) is 23.2. The van der Waals surface area contributed by atoms with E-state index in [-0.39, 0.29) is 11.7 Å². The van der Waals surface area contributed by atoms with Crippen molar-refractivity contribution in [3.05, 3.63) is 35.4 Å². The summed E-state index contributed by atoms with van der Waals surface area (Å²) in [6, 6.07) is 7.86. The number of benzene rings is 1. The van der Waals surface area contributed by atoms with Crippen LogP contribution in [0.25, 0.3) is 0 Å². The van der Waals surface area contributed by atoms with Gasteiger partial charge in [0, 0.05) is 12.5 Å². The van der Waals surface area contributed by atoms with Crippen molar-refractivity contribution >= 4 is 39.9 Å². The normalized spacial score (nSPS) is 10.6. The molecule has 0 saturated heterocycles. The first kappa shape index (κ1) is 18.6. The molecule has 0 unspecified atom stereocenters. The van der Waals surface area contributed by atoms with E-state index >= 15 is 0 Å². The van der Waals surface area contributed by atoms with Crippen molar-refractivity contribution in [1.82, 2.24) is 10.2 Å². The van der Waals surface area contributed by atoms with Gasteiger partial charge in [-0.3, -0.25) is 9.59 Å². The quantitative estimate of drug-likeness (QED) is 0.313. The topological polar surface area (TPSA) is 72.0 Å². The first-order valence-electron chi connectivity index (χ1n) is 7.94. The van der Waals surface area contributed by atoms with E-state index in [1.54, 1.807) is 0 Å². The minimum absolute atomic E-state index is 0.0661. The number of aromatic nitrogens is 2. The van der Waals surface area contributed by atoms with Crippen molar-refractivity contribution < 1.29 is 9.59 Å². The number of thioether (sulfide) groups is 1. The van der Waals surface area contributed by atoms with Crippen molar-refractivity contribution in [2.75, 3.05) is 11.1 Å². The van der Waals surface area contributed by atoms with E-state index < -0.39 is 0 Å². The van der Waals surface area contributed by atoms with Crippen LogP contribution in [0.3, 0.4) is 0 Å². The zero-order chi connectivity index (χ0) is 17.4. The molecule has 0 radical (unpaired) electrons. The number of anilines is 1. The average molecular weight is 364 g/mol. The summed E-state index contributed by atoms with van der Waals surface area (Å²) in [6.45, 7) is 3.61. The van der Waals surface area contributed by atoms with Crippen LogP contribution in [-0.4, -0.2) is 27.6 Å². The van der Waals surface area contributed by atoms with E-state index in [1.807, 2.05) is 24.3 Å². The largest absolute Gasteiger partial charge is 0.301 e. The van der Waals surface area contributed by atoms with Crippen LogP contribution in [-0.2, 0) is 11.2 Å². The molecule has 1 amide bonds. The predicted molar refractivity (Wildman–Crippen MR) is 98.9 cm³/mol. The Labute approximate surface area is 150 Å². The highest BCUT2D eigenvalue weighted by atomic mass is 32.2. The number of hydrogen-bond donors (Lipinski definition) is 1. The molecule has 5 nitrogen and oxygen atoms in total. The van der Waals surface area contributed by atoms with Crippen LogP contribution in [0.2, 0.25) is 0 Å². The van der Waals surface area contributed by atoms with E-state index in [4.69, 9.17) is 0 Å². The fourth-order valence-corrected chi connectivity index (χ4v) is 3.81. The molecule has 1 heterocycles. The first-order chi connectivity index (χ1) is 11.6. The molecule has 1 N–H and O–H groups in total. The molecule has 0 saturated carbocycles. The number of carbonyl (C=O) groups excluding carboxylic acids is 2.